The predicted octanol–water partition coefficient (Wildman–Crippen LogP) is 3.39. The first kappa shape index (κ1) is 20.7. The number of hydrogen-bond acceptors (Lipinski definition) is 5. The normalized spacial score (nSPS) is 29.8. The van der Waals surface area contributed by atoms with Crippen molar-refractivity contribution in [2.75, 3.05) is 20.2 Å². The Balaban J connectivity index is 1.40. The Morgan fingerprint density at radius 3 is 2.74 bits per heavy atom. The molecule has 3 heterocycles. The molecule has 1 saturated heterocycles. The van der Waals surface area contributed by atoms with Crippen molar-refractivity contribution >= 4 is 0 Å². The van der Waals surface area contributed by atoms with Crippen molar-refractivity contribution in [1.82, 2.24) is 19.7 Å². The van der Waals surface area contributed by atoms with Crippen LogP contribution in [-0.4, -0.2) is 56.6 Å². The number of hydrogen-bond donors (Lipinski definition) is 1. The maximum absolute atomic E-state index is 12.8. The highest BCUT2D eigenvalue weighted by atomic mass is 16.5. The molecule has 7 rings (SSSR count). The number of nitrogens with zero attached hydrogens (tertiary/aromatic N) is 4. The SMILES string of the molecule is COc1ccc2c(c1)[C@]13CCN(CC4CC4)[C@H](C2)[C@]1(O)Cc1c(nn(-c2ccncc2)c1C)C3. The van der Waals surface area contributed by atoms with Crippen LogP contribution in [0, 0.1) is 12.8 Å². The van der Waals surface area contributed by atoms with Gasteiger partial charge in [-0.2, -0.15) is 5.10 Å². The topological polar surface area (TPSA) is 63.4 Å². The molecule has 3 aromatic rings. The first-order chi connectivity index (χ1) is 16.5. The molecule has 3 aliphatic carbocycles. The van der Waals surface area contributed by atoms with Crippen LogP contribution in [0.4, 0.5) is 0 Å². The van der Waals surface area contributed by atoms with Crippen LogP contribution < -0.4 is 4.74 Å². The van der Waals surface area contributed by atoms with E-state index in [9.17, 15) is 5.11 Å². The Hall–Kier alpha value is -2.70. The van der Waals surface area contributed by atoms with Crippen molar-refractivity contribution in [2.45, 2.75) is 62.5 Å². The summed E-state index contributed by atoms with van der Waals surface area (Å²) in [5, 5.41) is 17.9. The number of pyridine rings is 1. The summed E-state index contributed by atoms with van der Waals surface area (Å²) in [6.07, 6.45) is 9.57. The largest absolute Gasteiger partial charge is 0.497 e. The van der Waals surface area contributed by atoms with Crippen LogP contribution in [-0.2, 0) is 24.7 Å². The lowest BCUT2D eigenvalue weighted by Crippen LogP contribution is -2.74. The van der Waals surface area contributed by atoms with E-state index in [1.807, 2.05) is 29.2 Å². The van der Waals surface area contributed by atoms with Gasteiger partial charge in [-0.15, -0.1) is 0 Å². The van der Waals surface area contributed by atoms with Gasteiger partial charge in [0.25, 0.3) is 0 Å². The summed E-state index contributed by atoms with van der Waals surface area (Å²) in [6, 6.07) is 10.7. The molecule has 6 nitrogen and oxygen atoms in total. The van der Waals surface area contributed by atoms with Gasteiger partial charge in [0.05, 0.1) is 24.1 Å². The lowest BCUT2D eigenvalue weighted by molar-refractivity contribution is -0.152. The molecule has 4 aliphatic rings. The molecule has 1 N–H and O–H groups in total. The third-order valence-corrected chi connectivity index (χ3v) is 9.23. The molecule has 1 aromatic carbocycles. The molecule has 176 valence electrons. The molecule has 1 aliphatic heterocycles. The van der Waals surface area contributed by atoms with Crippen LogP contribution in [0.1, 0.15) is 47.3 Å². The minimum absolute atomic E-state index is 0.138. The minimum Gasteiger partial charge on any atom is -0.497 e. The van der Waals surface area contributed by atoms with Gasteiger partial charge in [0, 0.05) is 48.9 Å². The minimum atomic E-state index is -0.816. The van der Waals surface area contributed by atoms with Gasteiger partial charge in [0.2, 0.25) is 0 Å². The second-order valence-corrected chi connectivity index (χ2v) is 10.9. The van der Waals surface area contributed by atoms with Gasteiger partial charge in [-0.25, -0.2) is 4.68 Å². The van der Waals surface area contributed by atoms with Crippen molar-refractivity contribution in [3.8, 4) is 11.4 Å². The number of fused-ring (bicyclic) bond motifs is 2. The lowest BCUT2D eigenvalue weighted by atomic mass is 9.49. The van der Waals surface area contributed by atoms with Crippen LogP contribution in [0.25, 0.3) is 5.69 Å². The van der Waals surface area contributed by atoms with E-state index in [0.717, 1.165) is 61.1 Å². The average molecular weight is 457 g/mol. The number of aromatic nitrogens is 3. The molecule has 0 radical (unpaired) electrons. The van der Waals surface area contributed by atoms with Gasteiger partial charge >= 0.3 is 0 Å². The zero-order chi connectivity index (χ0) is 23.1. The van der Waals surface area contributed by atoms with Crippen molar-refractivity contribution in [3.05, 3.63) is 70.8 Å². The number of benzene rings is 1. The van der Waals surface area contributed by atoms with Crippen LogP contribution in [0.2, 0.25) is 0 Å². The van der Waals surface area contributed by atoms with Gasteiger partial charge in [0.15, 0.2) is 0 Å². The van der Waals surface area contributed by atoms with Gasteiger partial charge in [0.1, 0.15) is 5.75 Å². The van der Waals surface area contributed by atoms with Crippen molar-refractivity contribution in [1.29, 1.82) is 0 Å². The number of rotatable bonds is 4. The van der Waals surface area contributed by atoms with E-state index in [0.29, 0.717) is 6.42 Å². The second kappa shape index (κ2) is 7.15. The summed E-state index contributed by atoms with van der Waals surface area (Å²) in [5.41, 5.74) is 5.99. The van der Waals surface area contributed by atoms with E-state index in [2.05, 4.69) is 35.0 Å². The number of piperidine rings is 1. The Labute approximate surface area is 200 Å². The van der Waals surface area contributed by atoms with E-state index >= 15 is 0 Å². The quantitative estimate of drug-likeness (QED) is 0.652. The van der Waals surface area contributed by atoms with Crippen molar-refractivity contribution in [2.24, 2.45) is 5.92 Å². The maximum atomic E-state index is 12.8. The fourth-order valence-electron chi connectivity index (χ4n) is 7.24. The first-order valence-corrected chi connectivity index (χ1v) is 12.6. The molecule has 1 saturated carbocycles. The number of likely N-dealkylation sites (tertiary alicyclic amines) is 1. The Morgan fingerprint density at radius 2 is 1.97 bits per heavy atom. The monoisotopic (exact) mass is 456 g/mol. The van der Waals surface area contributed by atoms with Crippen LogP contribution >= 0.6 is 0 Å². The van der Waals surface area contributed by atoms with Gasteiger partial charge in [-0.1, -0.05) is 6.07 Å². The van der Waals surface area contributed by atoms with Crippen molar-refractivity contribution < 1.29 is 9.84 Å². The van der Waals surface area contributed by atoms with E-state index in [-0.39, 0.29) is 11.5 Å². The lowest BCUT2D eigenvalue weighted by Gasteiger charge is -2.63. The molecule has 0 unspecified atom stereocenters. The van der Waals surface area contributed by atoms with Crippen LogP contribution in [0.5, 0.6) is 5.75 Å². The number of methoxy groups -OCH3 is 1. The Bertz CT molecular complexity index is 1270. The van der Waals surface area contributed by atoms with Gasteiger partial charge in [-0.3, -0.25) is 9.88 Å². The molecule has 2 bridgehead atoms. The molecule has 2 fully saturated rings. The van der Waals surface area contributed by atoms with E-state index in [4.69, 9.17) is 9.84 Å². The molecule has 0 amide bonds. The predicted molar refractivity (Wildman–Crippen MR) is 130 cm³/mol. The fraction of sp³-hybridized carbons (Fsp3) is 0.500. The summed E-state index contributed by atoms with van der Waals surface area (Å²) < 4.78 is 7.69. The zero-order valence-electron chi connectivity index (χ0n) is 20.0. The van der Waals surface area contributed by atoms with Gasteiger partial charge < -0.3 is 9.84 Å². The maximum Gasteiger partial charge on any atom is 0.119 e. The van der Waals surface area contributed by atoms with Gasteiger partial charge in [-0.05, 0) is 86.0 Å². The summed E-state index contributed by atoms with van der Waals surface area (Å²) in [7, 11) is 1.73. The second-order valence-electron chi connectivity index (χ2n) is 10.9. The average Bonchev–Trinajstić information content (AvgIpc) is 3.62. The summed E-state index contributed by atoms with van der Waals surface area (Å²) >= 11 is 0. The molecule has 0 spiro atoms. The number of aliphatic hydroxyl groups is 1. The zero-order valence-corrected chi connectivity index (χ0v) is 20.0. The highest BCUT2D eigenvalue weighted by Crippen LogP contribution is 2.58. The summed E-state index contributed by atoms with van der Waals surface area (Å²) in [6.45, 7) is 4.31. The highest BCUT2D eigenvalue weighted by molar-refractivity contribution is 5.53. The van der Waals surface area contributed by atoms with Crippen LogP contribution in [0.15, 0.2) is 42.7 Å². The molecule has 2 aromatic heterocycles. The standard InChI is InChI=1S/C28H32N4O2/c1-18-23-15-28(33)26-13-20-5-6-22(34-2)14-24(20)27(28,9-12-31(26)17-19-3-4-19)16-25(23)30-32(18)21-7-10-29-11-8-21/h5-8,10-11,14,19,26,33H,3-4,9,12-13,15-17H2,1-2H3/t26-,27-,28-/m1/s1. The highest BCUT2D eigenvalue weighted by Gasteiger charge is 2.65. The van der Waals surface area contributed by atoms with Crippen LogP contribution in [0.3, 0.4) is 0 Å². The van der Waals surface area contributed by atoms with Crippen molar-refractivity contribution in [3.63, 3.8) is 0 Å². The molecule has 6 heteroatoms. The molecular weight excluding hydrogens is 424 g/mol. The molecular formula is C28H32N4O2. The third-order valence-electron chi connectivity index (χ3n) is 9.23. The van der Waals surface area contributed by atoms with E-state index in [1.54, 1.807) is 7.11 Å². The first-order valence-electron chi connectivity index (χ1n) is 12.6. The molecule has 34 heavy (non-hydrogen) atoms. The fourth-order valence-corrected chi connectivity index (χ4v) is 7.24. The summed E-state index contributed by atoms with van der Waals surface area (Å²) in [4.78, 5) is 6.80. The summed E-state index contributed by atoms with van der Waals surface area (Å²) in [5.74, 6) is 1.68. The third kappa shape index (κ3) is 2.75. The Morgan fingerprint density at radius 1 is 1.15 bits per heavy atom. The smallest absolute Gasteiger partial charge is 0.119 e. The van der Waals surface area contributed by atoms with E-state index in [1.165, 1.54) is 29.5 Å². The van der Waals surface area contributed by atoms with E-state index < -0.39 is 5.60 Å². The molecule has 3 atom stereocenters. The number of ether oxygens (including phenoxy) is 1. The Kier molecular flexibility index (Phi) is 4.35.